The number of amides is 2. The maximum Gasteiger partial charge on any atom is 0.326 e. The van der Waals surface area contributed by atoms with E-state index in [1.54, 1.807) is 23.0 Å². The molecule has 0 radical (unpaired) electrons. The molecule has 1 aliphatic heterocycles. The number of hydrogen-bond donors (Lipinski definition) is 3. The molecule has 1 aliphatic rings. The van der Waals surface area contributed by atoms with Crippen LogP contribution >= 0.6 is 0 Å². The quantitative estimate of drug-likeness (QED) is 0.733. The van der Waals surface area contributed by atoms with Gasteiger partial charge >= 0.3 is 11.9 Å². The monoisotopic (exact) mass is 350 g/mol. The molecule has 0 aromatic heterocycles. The molecule has 0 aliphatic carbocycles. The normalized spacial score (nSPS) is 14.8. The van der Waals surface area contributed by atoms with Gasteiger partial charge in [0.1, 0.15) is 6.21 Å². The molecule has 0 unspecified atom stereocenters. The summed E-state index contributed by atoms with van der Waals surface area (Å²) in [4.78, 5) is 17.8. The predicted molar refractivity (Wildman–Crippen MR) is 105 cm³/mol. The Morgan fingerprint density at radius 1 is 1.19 bits per heavy atom. The van der Waals surface area contributed by atoms with Crippen LogP contribution < -0.4 is 21.7 Å². The van der Waals surface area contributed by atoms with E-state index < -0.39 is 6.03 Å². The zero-order valence-corrected chi connectivity index (χ0v) is 14.5. The van der Waals surface area contributed by atoms with Gasteiger partial charge in [-0.25, -0.2) is 9.79 Å². The van der Waals surface area contributed by atoms with Crippen LogP contribution in [0, 0.1) is 0 Å². The molecule has 0 saturated heterocycles. The van der Waals surface area contributed by atoms with Gasteiger partial charge in [-0.2, -0.15) is 0 Å². The summed E-state index contributed by atoms with van der Waals surface area (Å²) in [5.41, 5.74) is 14.7. The molecule has 0 bridgehead atoms. The first-order chi connectivity index (χ1) is 12.5. The number of urea groups is 1. The molecular weight excluding hydrogens is 330 g/mol. The summed E-state index contributed by atoms with van der Waals surface area (Å²) in [5.74, 6) is 0.401. The lowest BCUT2D eigenvalue weighted by atomic mass is 10.2. The van der Waals surface area contributed by atoms with Gasteiger partial charge in [-0.3, -0.25) is 5.73 Å². The molecule has 1 heterocycles. The lowest BCUT2D eigenvalue weighted by Gasteiger charge is -2.15. The third-order valence-corrected chi connectivity index (χ3v) is 3.78. The van der Waals surface area contributed by atoms with Crippen LogP contribution in [0.1, 0.15) is 0 Å². The summed E-state index contributed by atoms with van der Waals surface area (Å²) in [6.45, 7) is 0. The van der Waals surface area contributed by atoms with Crippen LogP contribution in [0.2, 0.25) is 0 Å². The lowest BCUT2D eigenvalue weighted by Crippen LogP contribution is -2.27. The van der Waals surface area contributed by atoms with Gasteiger partial charge in [-0.1, -0.05) is 28.0 Å². The van der Waals surface area contributed by atoms with Crippen LogP contribution in [0.15, 0.2) is 58.6 Å². The highest BCUT2D eigenvalue weighted by Gasteiger charge is 2.23. The van der Waals surface area contributed by atoms with Crippen LogP contribution in [0.5, 0.6) is 0 Å². The van der Waals surface area contributed by atoms with E-state index >= 15 is 0 Å². The Hall–Kier alpha value is -3.68. The molecule has 2 amide bonds. The van der Waals surface area contributed by atoms with Gasteiger partial charge in [0, 0.05) is 19.8 Å². The van der Waals surface area contributed by atoms with E-state index in [1.807, 2.05) is 55.4 Å². The summed E-state index contributed by atoms with van der Waals surface area (Å²) in [6.07, 6.45) is 1.58. The molecule has 5 N–H and O–H groups in total. The Bertz CT molecular complexity index is 930. The number of nitrogens with two attached hydrogens (primary N) is 2. The van der Waals surface area contributed by atoms with Gasteiger partial charge in [0.2, 0.25) is 0 Å². The van der Waals surface area contributed by atoms with E-state index in [4.69, 9.17) is 11.5 Å². The number of carbonyl (C=O) groups excluding carboxylic acids is 1. The minimum absolute atomic E-state index is 0.401. The fourth-order valence-corrected chi connectivity index (χ4v) is 2.47. The second-order valence-electron chi connectivity index (χ2n) is 5.86. The third-order valence-electron chi connectivity index (χ3n) is 3.78. The molecule has 132 valence electrons. The zero-order valence-electron chi connectivity index (χ0n) is 14.5. The summed E-state index contributed by atoms with van der Waals surface area (Å²) in [6, 6.07) is 14.3. The first kappa shape index (κ1) is 17.2. The molecular formula is C18H20N7O+. The third kappa shape index (κ3) is 3.54. The maximum absolute atomic E-state index is 11.3. The minimum Gasteiger partial charge on any atom is -0.378 e. The van der Waals surface area contributed by atoms with Gasteiger partial charge in [-0.15, -0.1) is 0 Å². The van der Waals surface area contributed by atoms with Crippen molar-refractivity contribution in [2.24, 2.45) is 21.6 Å². The molecule has 0 spiro atoms. The number of primary amides is 1. The van der Waals surface area contributed by atoms with E-state index in [1.165, 1.54) is 0 Å². The Balaban J connectivity index is 2.01. The average Bonchev–Trinajstić information content (AvgIpc) is 2.97. The molecule has 26 heavy (non-hydrogen) atoms. The highest BCUT2D eigenvalue weighted by atomic mass is 16.2. The Morgan fingerprint density at radius 3 is 2.58 bits per heavy atom. The number of anilines is 2. The lowest BCUT2D eigenvalue weighted by molar-refractivity contribution is -0.441. The maximum atomic E-state index is 11.3. The van der Waals surface area contributed by atoms with Crippen molar-refractivity contribution in [3.8, 4) is 0 Å². The van der Waals surface area contributed by atoms with E-state index in [0.717, 1.165) is 11.4 Å². The number of benzene rings is 2. The number of amidine groups is 1. The van der Waals surface area contributed by atoms with Crippen LogP contribution in [0.4, 0.5) is 27.5 Å². The smallest absolute Gasteiger partial charge is 0.326 e. The highest BCUT2D eigenvalue weighted by Crippen LogP contribution is 2.30. The number of rotatable bonds is 4. The van der Waals surface area contributed by atoms with Crippen molar-refractivity contribution in [3.63, 3.8) is 0 Å². The number of hydrazone groups is 1. The number of carbonyl (C=O) groups is 1. The summed E-state index contributed by atoms with van der Waals surface area (Å²) in [7, 11) is 3.81. The number of aliphatic imine (C=N–C) groups is 1. The predicted octanol–water partition coefficient (Wildman–Crippen LogP) is 2.02. The first-order valence-electron chi connectivity index (χ1n) is 7.94. The Morgan fingerprint density at radius 2 is 1.92 bits per heavy atom. The largest absolute Gasteiger partial charge is 0.378 e. The van der Waals surface area contributed by atoms with E-state index in [9.17, 15) is 4.79 Å². The van der Waals surface area contributed by atoms with Gasteiger partial charge in [-0.05, 0) is 30.3 Å². The molecule has 0 fully saturated rings. The second kappa shape index (κ2) is 7.06. The number of para-hydroxylation sites is 1. The standard InChI is InChI=1S/C18H19N7O/c1-24(2)13-8-9-14(15(10-13)23-18(20)26)22-16-11-21-25(17(16)19)12-6-4-3-5-7-12/h3-11H,1-2H3,(H4,19,20,21,23,26)/p+1. The highest BCUT2D eigenvalue weighted by molar-refractivity contribution is 6.62. The fraction of sp³-hybridized carbons (Fsp3) is 0.111. The van der Waals surface area contributed by atoms with Crippen LogP contribution in [-0.2, 0) is 0 Å². The van der Waals surface area contributed by atoms with Crippen molar-refractivity contribution in [3.05, 3.63) is 48.5 Å². The molecule has 3 rings (SSSR count). The molecule has 2 aromatic rings. The van der Waals surface area contributed by atoms with Crippen molar-refractivity contribution >= 4 is 46.5 Å². The van der Waals surface area contributed by atoms with Gasteiger partial charge in [0.15, 0.2) is 11.4 Å². The minimum atomic E-state index is -0.662. The molecule has 0 atom stereocenters. The van der Waals surface area contributed by atoms with E-state index in [-0.39, 0.29) is 0 Å². The van der Waals surface area contributed by atoms with Crippen molar-refractivity contribution < 1.29 is 9.48 Å². The Kier molecular flexibility index (Phi) is 4.66. The van der Waals surface area contributed by atoms with Crippen molar-refractivity contribution in [1.29, 1.82) is 0 Å². The second-order valence-corrected chi connectivity index (χ2v) is 5.86. The van der Waals surface area contributed by atoms with Crippen LogP contribution in [0.3, 0.4) is 0 Å². The van der Waals surface area contributed by atoms with Crippen molar-refractivity contribution in [2.45, 2.75) is 0 Å². The van der Waals surface area contributed by atoms with E-state index in [2.05, 4.69) is 15.4 Å². The molecule has 8 heteroatoms. The van der Waals surface area contributed by atoms with Crippen LogP contribution in [-0.4, -0.2) is 42.6 Å². The van der Waals surface area contributed by atoms with Crippen LogP contribution in [0.25, 0.3) is 0 Å². The van der Waals surface area contributed by atoms with Gasteiger partial charge in [0.25, 0.3) is 0 Å². The molecule has 0 saturated carbocycles. The Labute approximate surface area is 151 Å². The van der Waals surface area contributed by atoms with E-state index in [0.29, 0.717) is 22.9 Å². The van der Waals surface area contributed by atoms with Gasteiger partial charge in [0.05, 0.1) is 11.4 Å². The summed E-state index contributed by atoms with van der Waals surface area (Å²) in [5, 5.41) is 6.89. The molecule has 8 nitrogen and oxygen atoms in total. The zero-order chi connectivity index (χ0) is 18.7. The topological polar surface area (TPSA) is 112 Å². The SMILES string of the molecule is CN(C)c1ccc(N=C2C=N[N+](c3ccccc3)=C2N)c(NC(N)=O)c1. The number of nitrogens with one attached hydrogen (secondary N) is 1. The van der Waals surface area contributed by atoms with Crippen molar-refractivity contribution in [1.82, 2.24) is 0 Å². The molecule has 2 aromatic carbocycles. The van der Waals surface area contributed by atoms with Gasteiger partial charge < -0.3 is 16.0 Å². The summed E-state index contributed by atoms with van der Waals surface area (Å²) >= 11 is 0. The number of nitrogens with zero attached hydrogens (tertiary/aromatic N) is 4. The van der Waals surface area contributed by atoms with Crippen molar-refractivity contribution in [2.75, 3.05) is 24.3 Å². The average molecular weight is 350 g/mol. The fourth-order valence-electron chi connectivity index (χ4n) is 2.47. The number of hydrogen-bond acceptors (Lipinski definition) is 5. The summed E-state index contributed by atoms with van der Waals surface area (Å²) < 4.78 is 1.61. The first-order valence-corrected chi connectivity index (χ1v) is 7.94.